The molecule has 2 atom stereocenters. The van der Waals surface area contributed by atoms with Crippen molar-refractivity contribution in [3.8, 4) is 33.8 Å². The number of benzene rings is 10. The van der Waals surface area contributed by atoms with Crippen LogP contribution in [-0.4, -0.2) is 0 Å². The Labute approximate surface area is 459 Å². The molecule has 2 aliphatic heterocycles. The number of hydrogen-bond donors (Lipinski definition) is 0. The van der Waals surface area contributed by atoms with Crippen LogP contribution in [0.4, 0.5) is 17.1 Å². The highest BCUT2D eigenvalue weighted by molar-refractivity contribution is 7.99. The summed E-state index contributed by atoms with van der Waals surface area (Å²) in [6, 6.07) is 86.3. The van der Waals surface area contributed by atoms with E-state index >= 15 is 0 Å². The van der Waals surface area contributed by atoms with Gasteiger partial charge in [0.25, 0.3) is 0 Å². The Kier molecular flexibility index (Phi) is 8.78. The van der Waals surface area contributed by atoms with Crippen molar-refractivity contribution in [3.63, 3.8) is 0 Å². The summed E-state index contributed by atoms with van der Waals surface area (Å²) in [6.45, 7) is 0. The minimum absolute atomic E-state index is 0.205. The van der Waals surface area contributed by atoms with Crippen LogP contribution in [0.1, 0.15) is 98.4 Å². The van der Waals surface area contributed by atoms with Crippen molar-refractivity contribution in [3.05, 3.63) is 321 Å². The molecule has 0 bridgehead atoms. The molecule has 78 heavy (non-hydrogen) atoms. The van der Waals surface area contributed by atoms with Gasteiger partial charge in [0.15, 0.2) is 0 Å². The predicted octanol–water partition coefficient (Wildman–Crippen LogP) is 18.9. The van der Waals surface area contributed by atoms with E-state index in [2.05, 4.69) is 254 Å². The van der Waals surface area contributed by atoms with Crippen LogP contribution < -0.4 is 9.64 Å². The van der Waals surface area contributed by atoms with Gasteiger partial charge in [-0.2, -0.15) is 0 Å². The van der Waals surface area contributed by atoms with Gasteiger partial charge in [-0.1, -0.05) is 200 Å². The van der Waals surface area contributed by atoms with E-state index in [0.29, 0.717) is 0 Å². The first-order valence-electron chi connectivity index (χ1n) is 28.0. The third-order valence-electron chi connectivity index (χ3n) is 19.5. The SMILES string of the molecule is C1=CC2c3ccc(N(c4ccc5c(c4)C4(C6=C5CCCC6)c5ccccc5-c5ccccc54)c4ccc5c(c4)C4(c6ccccc6Oc6ccccc64)c4ccccc4-5)cc3C3(c4ccccc4Sc4ccccc43)C2C=C1. The lowest BCUT2D eigenvalue weighted by molar-refractivity contribution is 0.436. The van der Waals surface area contributed by atoms with Gasteiger partial charge >= 0.3 is 0 Å². The summed E-state index contributed by atoms with van der Waals surface area (Å²) in [5.74, 6) is 2.23. The largest absolute Gasteiger partial charge is 0.457 e. The Bertz CT molecular complexity index is 4260. The zero-order chi connectivity index (χ0) is 50.9. The van der Waals surface area contributed by atoms with Gasteiger partial charge < -0.3 is 9.64 Å². The van der Waals surface area contributed by atoms with Crippen LogP contribution in [-0.2, 0) is 16.2 Å². The number of fused-ring (bicyclic) bond motifs is 27. The van der Waals surface area contributed by atoms with E-state index in [4.69, 9.17) is 4.74 Å². The molecule has 0 saturated carbocycles. The van der Waals surface area contributed by atoms with Crippen molar-refractivity contribution in [2.75, 3.05) is 4.90 Å². The lowest BCUT2D eigenvalue weighted by Crippen LogP contribution is -2.37. The Morgan fingerprint density at radius 3 is 1.47 bits per heavy atom. The predicted molar refractivity (Wildman–Crippen MR) is 317 cm³/mol. The van der Waals surface area contributed by atoms with Crippen molar-refractivity contribution < 1.29 is 4.74 Å². The molecule has 2 unspecified atom stereocenters. The molecule has 3 spiro atoms. The Morgan fingerprint density at radius 1 is 0.385 bits per heavy atom. The van der Waals surface area contributed by atoms with E-state index in [1.807, 2.05) is 11.8 Å². The maximum Gasteiger partial charge on any atom is 0.132 e. The van der Waals surface area contributed by atoms with Gasteiger partial charge in [-0.3, -0.25) is 0 Å². The van der Waals surface area contributed by atoms with Gasteiger partial charge in [-0.05, 0) is 175 Å². The van der Waals surface area contributed by atoms with Gasteiger partial charge in [-0.15, -0.1) is 0 Å². The molecule has 0 N–H and O–H groups in total. The van der Waals surface area contributed by atoms with Crippen molar-refractivity contribution in [2.24, 2.45) is 5.92 Å². The summed E-state index contributed by atoms with van der Waals surface area (Å²) in [5.41, 5.74) is 26.6. The first kappa shape index (κ1) is 43.5. The monoisotopic (exact) mass is 1010 g/mol. The molecule has 10 aromatic carbocycles. The second-order valence-corrected chi connectivity index (χ2v) is 23.8. The lowest BCUT2D eigenvalue weighted by atomic mass is 9.63. The molecule has 2 nitrogen and oxygen atoms in total. The van der Waals surface area contributed by atoms with Crippen LogP contribution in [0.15, 0.2) is 264 Å². The van der Waals surface area contributed by atoms with Crippen LogP contribution in [0.3, 0.4) is 0 Å². The highest BCUT2D eigenvalue weighted by Crippen LogP contribution is 2.68. The molecule has 0 aromatic heterocycles. The van der Waals surface area contributed by atoms with Crippen molar-refractivity contribution in [2.45, 2.75) is 57.6 Å². The minimum Gasteiger partial charge on any atom is -0.457 e. The molecule has 18 rings (SSSR count). The van der Waals surface area contributed by atoms with E-state index in [9.17, 15) is 0 Å². The molecule has 6 aliphatic carbocycles. The fraction of sp³-hybridized carbons (Fsp3) is 0.120. The normalized spacial score (nSPS) is 19.3. The maximum atomic E-state index is 6.85. The highest BCUT2D eigenvalue weighted by Gasteiger charge is 2.57. The van der Waals surface area contributed by atoms with Gasteiger partial charge in [0, 0.05) is 49.8 Å². The van der Waals surface area contributed by atoms with Crippen LogP contribution in [0.2, 0.25) is 0 Å². The number of hydrogen-bond acceptors (Lipinski definition) is 3. The molecule has 10 aromatic rings. The fourth-order valence-electron chi connectivity index (χ4n) is 16.8. The van der Waals surface area contributed by atoms with E-state index < -0.39 is 10.8 Å². The van der Waals surface area contributed by atoms with Crippen LogP contribution in [0.5, 0.6) is 11.5 Å². The summed E-state index contributed by atoms with van der Waals surface area (Å²) in [6.07, 6.45) is 14.2. The average Bonchev–Trinajstić information content (AvgIpc) is 4.27. The second kappa shape index (κ2) is 15.7. The van der Waals surface area contributed by atoms with E-state index in [1.54, 1.807) is 11.1 Å². The second-order valence-electron chi connectivity index (χ2n) is 22.7. The van der Waals surface area contributed by atoms with Gasteiger partial charge in [0.05, 0.1) is 16.2 Å². The minimum atomic E-state index is -0.620. The fourth-order valence-corrected chi connectivity index (χ4v) is 18.0. The van der Waals surface area contributed by atoms with Crippen molar-refractivity contribution in [1.82, 2.24) is 0 Å². The molecule has 368 valence electrons. The number of allylic oxidation sites excluding steroid dienone is 6. The number of ether oxygens (including phenoxy) is 1. The van der Waals surface area contributed by atoms with Crippen molar-refractivity contribution in [1.29, 1.82) is 0 Å². The third-order valence-corrected chi connectivity index (χ3v) is 20.7. The summed E-state index contributed by atoms with van der Waals surface area (Å²) in [5, 5.41) is 0. The smallest absolute Gasteiger partial charge is 0.132 e. The number of rotatable bonds is 3. The molecule has 2 heterocycles. The van der Waals surface area contributed by atoms with E-state index in [0.717, 1.165) is 41.4 Å². The average molecular weight is 1010 g/mol. The first-order chi connectivity index (χ1) is 38.7. The maximum absolute atomic E-state index is 6.85. The van der Waals surface area contributed by atoms with Crippen molar-refractivity contribution >= 4 is 34.4 Å². The Morgan fingerprint density at radius 2 is 0.846 bits per heavy atom. The summed E-state index contributed by atoms with van der Waals surface area (Å²) >= 11 is 1.92. The van der Waals surface area contributed by atoms with Gasteiger partial charge in [-0.25, -0.2) is 0 Å². The molecular weight excluding hydrogens is 963 g/mol. The molecule has 0 fully saturated rings. The molecule has 8 aliphatic rings. The Balaban J connectivity index is 0.934. The molecule has 3 heteroatoms. The molecule has 0 radical (unpaired) electrons. The van der Waals surface area contributed by atoms with Gasteiger partial charge in [0.2, 0.25) is 0 Å². The molecule has 0 amide bonds. The zero-order valence-electron chi connectivity index (χ0n) is 42.9. The number of nitrogens with zero attached hydrogens (tertiary/aromatic N) is 1. The van der Waals surface area contributed by atoms with E-state index in [1.165, 1.54) is 112 Å². The quantitative estimate of drug-likeness (QED) is 0.175. The van der Waals surface area contributed by atoms with Crippen LogP contribution in [0.25, 0.3) is 27.8 Å². The third kappa shape index (κ3) is 5.27. The Hall–Kier alpha value is -8.63. The summed E-state index contributed by atoms with van der Waals surface area (Å²) in [4.78, 5) is 5.31. The highest BCUT2D eigenvalue weighted by atomic mass is 32.2. The summed E-state index contributed by atoms with van der Waals surface area (Å²) < 4.78 is 6.85. The lowest BCUT2D eigenvalue weighted by Gasteiger charge is -2.43. The molecule has 0 saturated heterocycles. The van der Waals surface area contributed by atoms with Crippen LogP contribution in [0, 0.1) is 5.92 Å². The van der Waals surface area contributed by atoms with Gasteiger partial charge in [0.1, 0.15) is 11.5 Å². The standard InChI is InChI=1S/C75H51NOS/c1-6-24-57-49(19-1)50-20-2-7-25-58(50)73(57)59-26-8-3-21-51(59)54-40-37-46(43-66(54)73)76(47-38-41-55-52-22-4-9-27-60(52)74(67(55)44-47)62-29-11-15-33-69(62)77-70-34-16-12-30-63(70)74)48-39-42-56-53-23-5-10-28-61(53)75(68(56)45-48)64-31-13-17-35-71(64)78-72-36-18-14-32-65(72)75/h1-2,4-7,9-20,22-25,27-45,53,61H,3,8,21,26H2. The number of anilines is 3. The molecular formula is C75H51NOS. The number of para-hydroxylation sites is 2. The van der Waals surface area contributed by atoms with Crippen LogP contribution >= 0.6 is 11.8 Å². The summed E-state index contributed by atoms with van der Waals surface area (Å²) in [7, 11) is 0. The van der Waals surface area contributed by atoms with E-state index in [-0.39, 0.29) is 17.3 Å². The zero-order valence-corrected chi connectivity index (χ0v) is 43.7. The topological polar surface area (TPSA) is 12.5 Å². The first-order valence-corrected chi connectivity index (χ1v) is 28.8.